The lowest BCUT2D eigenvalue weighted by molar-refractivity contribution is -0.138. The van der Waals surface area contributed by atoms with E-state index in [1.54, 1.807) is 6.07 Å². The number of hydrogen-bond acceptors (Lipinski definition) is 3. The van der Waals surface area contributed by atoms with E-state index in [9.17, 15) is 18.0 Å². The summed E-state index contributed by atoms with van der Waals surface area (Å²) in [5.74, 6) is -0.556. The van der Waals surface area contributed by atoms with E-state index in [-0.39, 0.29) is 33.6 Å². The molecular weight excluding hydrogens is 421 g/mol. The van der Waals surface area contributed by atoms with Crippen molar-refractivity contribution in [3.8, 4) is 0 Å². The van der Waals surface area contributed by atoms with Crippen LogP contribution in [0.5, 0.6) is 0 Å². The smallest absolute Gasteiger partial charge is 0.413 e. The second-order valence-electron chi connectivity index (χ2n) is 8.21. The van der Waals surface area contributed by atoms with Gasteiger partial charge < -0.3 is 9.74 Å². The third kappa shape index (κ3) is 5.80. The summed E-state index contributed by atoms with van der Waals surface area (Å²) >= 11 is 5.91. The molecule has 0 saturated heterocycles. The minimum Gasteiger partial charge on any atom is -0.413 e. The fourth-order valence-corrected chi connectivity index (χ4v) is 3.45. The van der Waals surface area contributed by atoms with Gasteiger partial charge in [0, 0.05) is 11.9 Å². The summed E-state index contributed by atoms with van der Waals surface area (Å²) in [6.45, 7) is 9.78. The lowest BCUT2D eigenvalue weighted by Gasteiger charge is -2.36. The first kappa shape index (κ1) is 23.4. The molecule has 0 fully saturated rings. The Hall–Kier alpha value is -1.90. The maximum absolute atomic E-state index is 13.5. The Morgan fingerprint density at radius 1 is 1.21 bits per heavy atom. The Morgan fingerprint density at radius 3 is 2.41 bits per heavy atom. The van der Waals surface area contributed by atoms with Crippen LogP contribution < -0.4 is 5.32 Å². The van der Waals surface area contributed by atoms with Crippen LogP contribution in [0.25, 0.3) is 0 Å². The molecule has 2 rings (SSSR count). The van der Waals surface area contributed by atoms with E-state index in [4.69, 9.17) is 16.0 Å². The van der Waals surface area contributed by atoms with Crippen molar-refractivity contribution in [2.75, 3.05) is 5.32 Å². The highest BCUT2D eigenvalue weighted by atomic mass is 35.5. The van der Waals surface area contributed by atoms with Gasteiger partial charge in [-0.05, 0) is 54.0 Å². The van der Waals surface area contributed by atoms with Crippen LogP contribution in [0.4, 0.5) is 18.9 Å². The first-order valence-electron chi connectivity index (χ1n) is 8.98. The summed E-state index contributed by atoms with van der Waals surface area (Å²) in [5.41, 5.74) is -0.462. The van der Waals surface area contributed by atoms with Crippen LogP contribution in [0.2, 0.25) is 23.3 Å². The van der Waals surface area contributed by atoms with Crippen LogP contribution in [0.1, 0.15) is 42.3 Å². The minimum atomic E-state index is -4.53. The van der Waals surface area contributed by atoms with E-state index in [0.717, 1.165) is 6.07 Å². The SMILES string of the molecule is CC(C)(C)[Si](C)(C)OCc1cc(NC(=O)c2cccnc2Cl)ccc1C(F)(F)F. The van der Waals surface area contributed by atoms with Crippen molar-refractivity contribution in [3.63, 3.8) is 0 Å². The molecule has 9 heteroatoms. The van der Waals surface area contributed by atoms with E-state index in [1.807, 2.05) is 33.9 Å². The van der Waals surface area contributed by atoms with Gasteiger partial charge in [0.15, 0.2) is 8.32 Å². The fraction of sp³-hybridized carbons (Fsp3) is 0.400. The van der Waals surface area contributed by atoms with Crippen LogP contribution in [0.3, 0.4) is 0 Å². The Morgan fingerprint density at radius 2 is 1.86 bits per heavy atom. The zero-order chi connectivity index (χ0) is 22.0. The van der Waals surface area contributed by atoms with Gasteiger partial charge in [-0.3, -0.25) is 4.79 Å². The summed E-state index contributed by atoms with van der Waals surface area (Å²) in [5, 5.41) is 2.44. The molecule has 1 amide bonds. The van der Waals surface area contributed by atoms with Crippen molar-refractivity contribution in [1.29, 1.82) is 0 Å². The molecule has 0 saturated carbocycles. The highest BCUT2D eigenvalue weighted by Gasteiger charge is 2.38. The van der Waals surface area contributed by atoms with Crippen molar-refractivity contribution in [1.82, 2.24) is 4.98 Å². The standard InChI is InChI=1S/C20H24ClF3N2O2Si/c1-19(2,3)29(4,5)28-12-13-11-14(8-9-16(13)20(22,23)24)26-18(27)15-7-6-10-25-17(15)21/h6-11H,12H2,1-5H3,(H,26,27). The van der Waals surface area contributed by atoms with Crippen LogP contribution in [0.15, 0.2) is 36.5 Å². The topological polar surface area (TPSA) is 51.2 Å². The molecule has 0 aliphatic carbocycles. The number of pyridine rings is 1. The van der Waals surface area contributed by atoms with Crippen LogP contribution in [0, 0.1) is 0 Å². The van der Waals surface area contributed by atoms with Gasteiger partial charge >= 0.3 is 6.18 Å². The van der Waals surface area contributed by atoms with Crippen LogP contribution in [-0.2, 0) is 17.2 Å². The molecule has 0 aliphatic rings. The Kier molecular flexibility index (Phi) is 6.81. The highest BCUT2D eigenvalue weighted by Crippen LogP contribution is 2.39. The van der Waals surface area contributed by atoms with Gasteiger partial charge in [0.05, 0.1) is 17.7 Å². The Balaban J connectivity index is 2.32. The number of halogens is 4. The molecule has 0 spiro atoms. The van der Waals surface area contributed by atoms with Crippen molar-refractivity contribution in [2.24, 2.45) is 0 Å². The number of alkyl halides is 3. The molecule has 0 radical (unpaired) electrons. The summed E-state index contributed by atoms with van der Waals surface area (Å²) < 4.78 is 46.3. The fourth-order valence-electron chi connectivity index (χ4n) is 2.30. The molecule has 0 aliphatic heterocycles. The van der Waals surface area contributed by atoms with Gasteiger partial charge in [-0.1, -0.05) is 32.4 Å². The van der Waals surface area contributed by atoms with E-state index >= 15 is 0 Å². The first-order chi connectivity index (χ1) is 13.2. The number of amides is 1. The number of hydrogen-bond donors (Lipinski definition) is 1. The zero-order valence-corrected chi connectivity index (χ0v) is 18.7. The third-order valence-electron chi connectivity index (χ3n) is 5.07. The number of rotatable bonds is 5. The van der Waals surface area contributed by atoms with Crippen LogP contribution >= 0.6 is 11.6 Å². The monoisotopic (exact) mass is 444 g/mol. The summed E-state index contributed by atoms with van der Waals surface area (Å²) in [6, 6.07) is 6.48. The lowest BCUT2D eigenvalue weighted by Crippen LogP contribution is -2.40. The Bertz CT molecular complexity index is 896. The first-order valence-corrected chi connectivity index (χ1v) is 12.3. The maximum atomic E-state index is 13.5. The zero-order valence-electron chi connectivity index (χ0n) is 16.9. The quantitative estimate of drug-likeness (QED) is 0.421. The average Bonchev–Trinajstić information content (AvgIpc) is 2.58. The van der Waals surface area contributed by atoms with E-state index in [0.29, 0.717) is 0 Å². The summed E-state index contributed by atoms with van der Waals surface area (Å²) in [6.07, 6.45) is -3.09. The second kappa shape index (κ2) is 8.45. The third-order valence-corrected chi connectivity index (χ3v) is 9.85. The number of carbonyl (C=O) groups is 1. The number of aromatic nitrogens is 1. The molecule has 2 aromatic rings. The van der Waals surface area contributed by atoms with Crippen LogP contribution in [-0.4, -0.2) is 19.2 Å². The molecule has 0 atom stereocenters. The maximum Gasteiger partial charge on any atom is 0.416 e. The summed E-state index contributed by atoms with van der Waals surface area (Å²) in [4.78, 5) is 16.2. The van der Waals surface area contributed by atoms with Gasteiger partial charge in [-0.15, -0.1) is 0 Å². The van der Waals surface area contributed by atoms with E-state index < -0.39 is 26.0 Å². The predicted molar refractivity (Wildman–Crippen MR) is 111 cm³/mol. The van der Waals surface area contributed by atoms with E-state index in [2.05, 4.69) is 10.3 Å². The van der Waals surface area contributed by atoms with Crippen molar-refractivity contribution in [3.05, 3.63) is 58.4 Å². The van der Waals surface area contributed by atoms with Gasteiger partial charge in [0.1, 0.15) is 5.15 Å². The molecule has 0 unspecified atom stereocenters. The Labute approximate surface area is 174 Å². The highest BCUT2D eigenvalue weighted by molar-refractivity contribution is 6.74. The van der Waals surface area contributed by atoms with Gasteiger partial charge in [-0.25, -0.2) is 4.98 Å². The molecule has 1 heterocycles. The largest absolute Gasteiger partial charge is 0.416 e. The number of benzene rings is 1. The van der Waals surface area contributed by atoms with Gasteiger partial charge in [-0.2, -0.15) is 13.2 Å². The lowest BCUT2D eigenvalue weighted by atomic mass is 10.1. The van der Waals surface area contributed by atoms with Gasteiger partial charge in [0.25, 0.3) is 5.91 Å². The number of carbonyl (C=O) groups excluding carboxylic acids is 1. The second-order valence-corrected chi connectivity index (χ2v) is 13.4. The molecule has 29 heavy (non-hydrogen) atoms. The normalized spacial score (nSPS) is 12.7. The van der Waals surface area contributed by atoms with Crippen molar-refractivity contribution >= 4 is 31.5 Å². The molecule has 4 nitrogen and oxygen atoms in total. The molecule has 158 valence electrons. The predicted octanol–water partition coefficient (Wildman–Crippen LogP) is 6.53. The molecular formula is C20H24ClF3N2O2Si. The molecule has 1 aromatic carbocycles. The summed E-state index contributed by atoms with van der Waals surface area (Å²) in [7, 11) is -2.26. The number of nitrogens with one attached hydrogen (secondary N) is 1. The van der Waals surface area contributed by atoms with E-state index in [1.165, 1.54) is 24.4 Å². The molecule has 1 N–H and O–H groups in total. The average molecular weight is 445 g/mol. The minimum absolute atomic E-state index is 0.0124. The number of nitrogens with zero attached hydrogens (tertiary/aromatic N) is 1. The van der Waals surface area contributed by atoms with Crippen molar-refractivity contribution in [2.45, 2.75) is 51.7 Å². The van der Waals surface area contributed by atoms with Gasteiger partial charge in [0.2, 0.25) is 0 Å². The molecule has 0 bridgehead atoms. The van der Waals surface area contributed by atoms with Crippen molar-refractivity contribution < 1.29 is 22.4 Å². The molecule has 1 aromatic heterocycles. The number of anilines is 1.